The lowest BCUT2D eigenvalue weighted by atomic mass is 10.0. The summed E-state index contributed by atoms with van der Waals surface area (Å²) in [5, 5.41) is 3.49. The molecule has 0 spiro atoms. The molecule has 2 heterocycles. The number of piperidine rings is 1. The van der Waals surface area contributed by atoms with Gasteiger partial charge in [-0.05, 0) is 30.5 Å². The van der Waals surface area contributed by atoms with Gasteiger partial charge in [0.15, 0.2) is 11.6 Å². The van der Waals surface area contributed by atoms with E-state index in [1.165, 1.54) is 11.6 Å². The Bertz CT molecular complexity index is 781. The van der Waals surface area contributed by atoms with E-state index in [4.69, 9.17) is 4.74 Å². The minimum atomic E-state index is -0.335. The Morgan fingerprint density at radius 3 is 2.36 bits per heavy atom. The summed E-state index contributed by atoms with van der Waals surface area (Å²) in [7, 11) is 0. The Morgan fingerprint density at radius 1 is 0.964 bits per heavy atom. The lowest BCUT2D eigenvalue weighted by Crippen LogP contribution is -2.48. The topological polar surface area (TPSA) is 41.6 Å². The van der Waals surface area contributed by atoms with Crippen molar-refractivity contribution >= 4 is 18.3 Å². The summed E-state index contributed by atoms with van der Waals surface area (Å²) in [6.45, 7) is 1.32. The molecule has 2 fully saturated rings. The number of halogens is 2. The normalized spacial score (nSPS) is 22.5. The van der Waals surface area contributed by atoms with Gasteiger partial charge in [0.05, 0.1) is 6.04 Å². The monoisotopic (exact) mass is 404 g/mol. The summed E-state index contributed by atoms with van der Waals surface area (Å²) in [6, 6.07) is 16.9. The van der Waals surface area contributed by atoms with Crippen LogP contribution >= 0.6 is 12.4 Å². The van der Waals surface area contributed by atoms with Crippen molar-refractivity contribution in [1.82, 2.24) is 10.2 Å². The van der Waals surface area contributed by atoms with Gasteiger partial charge >= 0.3 is 0 Å². The molecule has 150 valence electrons. The number of carbonyl (C=O) groups is 1. The van der Waals surface area contributed by atoms with Gasteiger partial charge in [-0.25, -0.2) is 4.39 Å². The molecule has 1 amide bonds. The predicted molar refractivity (Wildman–Crippen MR) is 109 cm³/mol. The third-order valence-corrected chi connectivity index (χ3v) is 5.53. The van der Waals surface area contributed by atoms with E-state index < -0.39 is 0 Å². The Kier molecular flexibility index (Phi) is 6.92. The number of ether oxygens (including phenoxy) is 1. The van der Waals surface area contributed by atoms with E-state index in [-0.39, 0.29) is 42.3 Å². The minimum Gasteiger partial charge on any atom is -0.487 e. The molecule has 4 nitrogen and oxygen atoms in total. The molecule has 2 aromatic carbocycles. The summed E-state index contributed by atoms with van der Waals surface area (Å²) < 4.78 is 19.5. The van der Waals surface area contributed by atoms with E-state index in [9.17, 15) is 9.18 Å². The highest BCUT2D eigenvalue weighted by molar-refractivity contribution is 5.85. The fourth-order valence-electron chi connectivity index (χ4n) is 4.02. The van der Waals surface area contributed by atoms with E-state index in [0.717, 1.165) is 25.7 Å². The van der Waals surface area contributed by atoms with Crippen molar-refractivity contribution in [3.05, 3.63) is 66.0 Å². The number of amides is 1. The number of hydrogen-bond donors (Lipinski definition) is 1. The zero-order valence-electron chi connectivity index (χ0n) is 15.7. The zero-order valence-corrected chi connectivity index (χ0v) is 16.5. The minimum absolute atomic E-state index is 0. The van der Waals surface area contributed by atoms with Crippen LogP contribution in [0.3, 0.4) is 0 Å². The van der Waals surface area contributed by atoms with Gasteiger partial charge in [0.1, 0.15) is 6.10 Å². The predicted octanol–water partition coefficient (Wildman–Crippen LogP) is 4.11. The quantitative estimate of drug-likeness (QED) is 0.833. The molecule has 1 N–H and O–H groups in total. The molecule has 4 rings (SSSR count). The van der Waals surface area contributed by atoms with Gasteiger partial charge in [-0.1, -0.05) is 42.5 Å². The van der Waals surface area contributed by atoms with Crippen LogP contribution < -0.4 is 10.1 Å². The maximum absolute atomic E-state index is 13.7. The molecular formula is C22H26ClFN2O2. The van der Waals surface area contributed by atoms with Crippen LogP contribution in [0.4, 0.5) is 4.39 Å². The molecule has 2 atom stereocenters. The molecule has 6 heteroatoms. The maximum atomic E-state index is 13.7. The Balaban J connectivity index is 0.00000225. The zero-order chi connectivity index (χ0) is 18.6. The number of benzene rings is 2. The van der Waals surface area contributed by atoms with Crippen LogP contribution in [-0.4, -0.2) is 36.0 Å². The second-order valence-corrected chi connectivity index (χ2v) is 7.33. The van der Waals surface area contributed by atoms with Crippen molar-refractivity contribution < 1.29 is 13.9 Å². The second-order valence-electron chi connectivity index (χ2n) is 7.33. The number of carbonyl (C=O) groups excluding carboxylic acids is 1. The van der Waals surface area contributed by atoms with Gasteiger partial charge in [0.25, 0.3) is 0 Å². The van der Waals surface area contributed by atoms with Gasteiger partial charge < -0.3 is 9.64 Å². The van der Waals surface area contributed by atoms with Crippen molar-refractivity contribution in [2.75, 3.05) is 13.1 Å². The largest absolute Gasteiger partial charge is 0.487 e. The number of nitrogens with one attached hydrogen (secondary N) is 1. The number of nitrogens with zero attached hydrogens (tertiary/aromatic N) is 1. The summed E-state index contributed by atoms with van der Waals surface area (Å²) >= 11 is 0. The Hall–Kier alpha value is -2.11. The first kappa shape index (κ1) is 20.6. The molecule has 2 aromatic rings. The van der Waals surface area contributed by atoms with E-state index in [2.05, 4.69) is 17.4 Å². The SMILES string of the molecule is Cl.O=C([C@H]1CC[C@H](c2ccccc2)N1)N1CCC(Oc2ccccc2F)CC1. The average Bonchev–Trinajstić information content (AvgIpc) is 3.21. The fourth-order valence-corrected chi connectivity index (χ4v) is 4.02. The summed E-state index contributed by atoms with van der Waals surface area (Å²) in [5.74, 6) is 0.140. The molecule has 0 radical (unpaired) electrons. The van der Waals surface area contributed by atoms with Gasteiger partial charge in [0.2, 0.25) is 5.91 Å². The summed E-state index contributed by atoms with van der Waals surface area (Å²) in [5.41, 5.74) is 1.24. The highest BCUT2D eigenvalue weighted by atomic mass is 35.5. The standard InChI is InChI=1S/C22H25FN2O2.ClH/c23-18-8-4-5-9-21(18)27-17-12-14-25(15-13-17)22(26)20-11-10-19(24-20)16-6-2-1-3-7-16;/h1-9,17,19-20,24H,10-15H2;1H/t19-,20-;/m1./s1. The van der Waals surface area contributed by atoms with Crippen LogP contribution in [0.5, 0.6) is 5.75 Å². The number of rotatable bonds is 4. The summed E-state index contributed by atoms with van der Waals surface area (Å²) in [4.78, 5) is 14.8. The van der Waals surface area contributed by atoms with Gasteiger partial charge in [-0.15, -0.1) is 12.4 Å². The third kappa shape index (κ3) is 4.65. The van der Waals surface area contributed by atoms with Crippen molar-refractivity contribution in [2.45, 2.75) is 43.9 Å². The molecule has 0 aliphatic carbocycles. The Labute approximate surface area is 171 Å². The van der Waals surface area contributed by atoms with Crippen molar-refractivity contribution in [3.63, 3.8) is 0 Å². The van der Waals surface area contributed by atoms with Crippen LogP contribution in [0.1, 0.15) is 37.3 Å². The maximum Gasteiger partial charge on any atom is 0.239 e. The van der Waals surface area contributed by atoms with Gasteiger partial charge in [-0.2, -0.15) is 0 Å². The highest BCUT2D eigenvalue weighted by Gasteiger charge is 2.34. The highest BCUT2D eigenvalue weighted by Crippen LogP contribution is 2.28. The molecule has 0 bridgehead atoms. The smallest absolute Gasteiger partial charge is 0.239 e. The van der Waals surface area contributed by atoms with Crippen LogP contribution in [-0.2, 0) is 4.79 Å². The molecule has 0 saturated carbocycles. The first-order valence-corrected chi connectivity index (χ1v) is 9.71. The first-order chi connectivity index (χ1) is 13.2. The van der Waals surface area contributed by atoms with Crippen molar-refractivity contribution in [1.29, 1.82) is 0 Å². The number of hydrogen-bond acceptors (Lipinski definition) is 3. The molecule has 2 saturated heterocycles. The molecule has 28 heavy (non-hydrogen) atoms. The van der Waals surface area contributed by atoms with E-state index in [1.807, 2.05) is 23.1 Å². The Morgan fingerprint density at radius 2 is 1.64 bits per heavy atom. The number of para-hydroxylation sites is 1. The average molecular weight is 405 g/mol. The molecule has 0 unspecified atom stereocenters. The molecular weight excluding hydrogens is 379 g/mol. The van der Waals surface area contributed by atoms with E-state index >= 15 is 0 Å². The third-order valence-electron chi connectivity index (χ3n) is 5.53. The molecule has 2 aliphatic heterocycles. The van der Waals surface area contributed by atoms with Crippen LogP contribution in [0.15, 0.2) is 54.6 Å². The first-order valence-electron chi connectivity index (χ1n) is 9.71. The lowest BCUT2D eigenvalue weighted by molar-refractivity contribution is -0.135. The summed E-state index contributed by atoms with van der Waals surface area (Å²) in [6.07, 6.45) is 3.26. The second kappa shape index (κ2) is 9.39. The van der Waals surface area contributed by atoms with Crippen LogP contribution in [0.25, 0.3) is 0 Å². The van der Waals surface area contributed by atoms with Gasteiger partial charge in [-0.3, -0.25) is 10.1 Å². The van der Waals surface area contributed by atoms with E-state index in [0.29, 0.717) is 18.8 Å². The molecule has 2 aliphatic rings. The van der Waals surface area contributed by atoms with Gasteiger partial charge in [0, 0.05) is 32.0 Å². The van der Waals surface area contributed by atoms with Crippen molar-refractivity contribution in [3.8, 4) is 5.75 Å². The van der Waals surface area contributed by atoms with E-state index in [1.54, 1.807) is 18.2 Å². The lowest BCUT2D eigenvalue weighted by Gasteiger charge is -2.33. The van der Waals surface area contributed by atoms with Crippen LogP contribution in [0.2, 0.25) is 0 Å². The molecule has 0 aromatic heterocycles. The van der Waals surface area contributed by atoms with Crippen LogP contribution in [0, 0.1) is 5.82 Å². The number of likely N-dealkylation sites (tertiary alicyclic amines) is 1. The van der Waals surface area contributed by atoms with Crippen molar-refractivity contribution in [2.24, 2.45) is 0 Å². The fraction of sp³-hybridized carbons (Fsp3) is 0.409.